The van der Waals surface area contributed by atoms with Crippen molar-refractivity contribution in [1.29, 1.82) is 5.26 Å². The minimum Gasteiger partial charge on any atom is -0.440 e. The monoisotopic (exact) mass is 423 g/mol. The van der Waals surface area contributed by atoms with Crippen molar-refractivity contribution >= 4 is 33.0 Å². The van der Waals surface area contributed by atoms with Gasteiger partial charge in [0.25, 0.3) is 0 Å². The van der Waals surface area contributed by atoms with Gasteiger partial charge in [0.1, 0.15) is 16.9 Å². The summed E-state index contributed by atoms with van der Waals surface area (Å²) in [4.78, 5) is 14.2. The summed E-state index contributed by atoms with van der Waals surface area (Å²) in [7, 11) is 0. The zero-order valence-electron chi connectivity index (χ0n) is 17.7. The topological polar surface area (TPSA) is 89.8 Å². The Kier molecular flexibility index (Phi) is 4.40. The number of hydrogen-bond donors (Lipinski definition) is 0. The van der Waals surface area contributed by atoms with Crippen molar-refractivity contribution in [3.8, 4) is 6.07 Å². The molecule has 0 aliphatic carbocycles. The van der Waals surface area contributed by atoms with Crippen LogP contribution in [0.5, 0.6) is 0 Å². The molecule has 1 aliphatic rings. The van der Waals surface area contributed by atoms with Crippen LogP contribution in [-0.2, 0) is 11.2 Å². The molecule has 7 heteroatoms. The lowest BCUT2D eigenvalue weighted by Crippen LogP contribution is -2.26. The summed E-state index contributed by atoms with van der Waals surface area (Å²) in [6, 6.07) is 15.9. The molecule has 32 heavy (non-hydrogen) atoms. The molecule has 3 aromatic heterocycles. The predicted octanol–water partition coefficient (Wildman–Crippen LogP) is 4.93. The highest BCUT2D eigenvalue weighted by Gasteiger charge is 2.27. The van der Waals surface area contributed by atoms with Gasteiger partial charge in [0, 0.05) is 18.0 Å². The molecule has 0 N–H and O–H groups in total. The quantitative estimate of drug-likeness (QED) is 0.409. The van der Waals surface area contributed by atoms with E-state index in [2.05, 4.69) is 27.5 Å². The number of rotatable bonds is 3. The number of nitrogens with zero attached hydrogens (tertiary/aromatic N) is 5. The normalized spacial score (nSPS) is 19.0. The van der Waals surface area contributed by atoms with Crippen LogP contribution in [0, 0.1) is 11.3 Å². The minimum atomic E-state index is 0.172. The Morgan fingerprint density at radius 2 is 2.03 bits per heavy atom. The van der Waals surface area contributed by atoms with E-state index in [1.807, 2.05) is 42.6 Å². The number of para-hydroxylation sites is 2. The molecule has 0 radical (unpaired) electrons. The largest absolute Gasteiger partial charge is 0.440 e. The molecule has 2 aromatic carbocycles. The van der Waals surface area contributed by atoms with Crippen molar-refractivity contribution in [2.24, 2.45) is 0 Å². The van der Waals surface area contributed by atoms with Crippen molar-refractivity contribution in [3.63, 3.8) is 0 Å². The summed E-state index contributed by atoms with van der Waals surface area (Å²) in [6.45, 7) is 2.82. The molecule has 2 atom stereocenters. The molecule has 5 aromatic rings. The highest BCUT2D eigenvalue weighted by Crippen LogP contribution is 2.34. The zero-order valence-corrected chi connectivity index (χ0v) is 17.7. The van der Waals surface area contributed by atoms with Gasteiger partial charge in [-0.15, -0.1) is 0 Å². The number of nitriles is 1. The smallest absolute Gasteiger partial charge is 0.203 e. The predicted molar refractivity (Wildman–Crippen MR) is 120 cm³/mol. The lowest BCUT2D eigenvalue weighted by molar-refractivity contribution is 0.00629. The number of hydrogen-bond acceptors (Lipinski definition) is 6. The van der Waals surface area contributed by atoms with Gasteiger partial charge in [-0.05, 0) is 50.1 Å². The maximum Gasteiger partial charge on any atom is 0.203 e. The van der Waals surface area contributed by atoms with E-state index in [1.54, 1.807) is 6.07 Å². The first-order valence-electron chi connectivity index (χ1n) is 10.9. The number of imidazole rings is 1. The summed E-state index contributed by atoms with van der Waals surface area (Å²) < 4.78 is 14.1. The highest BCUT2D eigenvalue weighted by atomic mass is 16.5. The van der Waals surface area contributed by atoms with E-state index >= 15 is 0 Å². The Balaban J connectivity index is 1.57. The van der Waals surface area contributed by atoms with Crippen LogP contribution in [0.1, 0.15) is 43.1 Å². The minimum absolute atomic E-state index is 0.172. The van der Waals surface area contributed by atoms with Gasteiger partial charge in [-0.25, -0.2) is 9.97 Å². The average molecular weight is 423 g/mol. The van der Waals surface area contributed by atoms with Crippen LogP contribution >= 0.6 is 0 Å². The van der Waals surface area contributed by atoms with Crippen LogP contribution in [0.4, 0.5) is 0 Å². The fourth-order valence-electron chi connectivity index (χ4n) is 4.75. The van der Waals surface area contributed by atoms with E-state index in [1.165, 1.54) is 0 Å². The van der Waals surface area contributed by atoms with E-state index in [-0.39, 0.29) is 12.1 Å². The molecule has 158 valence electrons. The van der Waals surface area contributed by atoms with Crippen molar-refractivity contribution in [2.75, 3.05) is 6.61 Å². The van der Waals surface area contributed by atoms with Crippen LogP contribution in [0.15, 0.2) is 53.1 Å². The highest BCUT2D eigenvalue weighted by molar-refractivity contribution is 6.03. The fraction of sp³-hybridized carbons (Fsp3) is 0.280. The van der Waals surface area contributed by atoms with Gasteiger partial charge in [0.15, 0.2) is 5.58 Å². The second-order valence-corrected chi connectivity index (χ2v) is 8.35. The average Bonchev–Trinajstić information content (AvgIpc) is 3.39. The third-order valence-electron chi connectivity index (χ3n) is 6.19. The van der Waals surface area contributed by atoms with Crippen molar-refractivity contribution in [3.05, 3.63) is 65.9 Å². The molecular formula is C25H21N5O2. The molecule has 0 bridgehead atoms. The third kappa shape index (κ3) is 3.12. The number of oxazole rings is 1. The standard InChI is InChI=1S/C25H21N5O2/c1-15-10-17(8-9-31-15)30-23(12-24-29-20-4-2-3-5-22(20)32-24)28-21-14-27-19-7-6-16(13-26)11-18(19)25(21)30/h2-7,11,14-15,17H,8-10,12H2,1H3/t15-,17?/m1/s1. The van der Waals surface area contributed by atoms with E-state index in [4.69, 9.17) is 14.1 Å². The van der Waals surface area contributed by atoms with Gasteiger partial charge in [-0.2, -0.15) is 5.26 Å². The van der Waals surface area contributed by atoms with E-state index in [0.717, 1.165) is 51.7 Å². The number of benzene rings is 2. The number of ether oxygens (including phenoxy) is 1. The molecule has 1 aliphatic heterocycles. The molecule has 1 fully saturated rings. The Hall–Kier alpha value is -3.76. The summed E-state index contributed by atoms with van der Waals surface area (Å²) >= 11 is 0. The summed E-state index contributed by atoms with van der Waals surface area (Å²) in [5.74, 6) is 1.53. The second kappa shape index (κ2) is 7.43. The second-order valence-electron chi connectivity index (χ2n) is 8.35. The van der Waals surface area contributed by atoms with Crippen molar-refractivity contribution in [2.45, 2.75) is 38.3 Å². The van der Waals surface area contributed by atoms with Crippen LogP contribution in [0.3, 0.4) is 0 Å². The third-order valence-corrected chi connectivity index (χ3v) is 6.19. The van der Waals surface area contributed by atoms with Gasteiger partial charge in [0.05, 0.1) is 41.4 Å². The molecule has 0 amide bonds. The van der Waals surface area contributed by atoms with Gasteiger partial charge in [-0.3, -0.25) is 4.98 Å². The first-order chi connectivity index (χ1) is 15.7. The summed E-state index contributed by atoms with van der Waals surface area (Å²) in [5, 5.41) is 10.4. The van der Waals surface area contributed by atoms with E-state index < -0.39 is 0 Å². The van der Waals surface area contributed by atoms with Crippen LogP contribution < -0.4 is 0 Å². The Morgan fingerprint density at radius 3 is 2.88 bits per heavy atom. The van der Waals surface area contributed by atoms with Gasteiger partial charge >= 0.3 is 0 Å². The van der Waals surface area contributed by atoms with Crippen LogP contribution in [0.2, 0.25) is 0 Å². The molecule has 4 heterocycles. The Morgan fingerprint density at radius 1 is 1.12 bits per heavy atom. The molecule has 1 unspecified atom stereocenters. The molecule has 1 saturated heterocycles. The van der Waals surface area contributed by atoms with Gasteiger partial charge < -0.3 is 13.7 Å². The fourth-order valence-corrected chi connectivity index (χ4v) is 4.75. The van der Waals surface area contributed by atoms with E-state index in [9.17, 15) is 5.26 Å². The van der Waals surface area contributed by atoms with Crippen LogP contribution in [-0.4, -0.2) is 32.2 Å². The maximum absolute atomic E-state index is 9.46. The first kappa shape index (κ1) is 19.0. The Bertz CT molecular complexity index is 1480. The summed E-state index contributed by atoms with van der Waals surface area (Å²) in [5.41, 5.74) is 4.91. The summed E-state index contributed by atoms with van der Waals surface area (Å²) in [6.07, 6.45) is 4.27. The van der Waals surface area contributed by atoms with Gasteiger partial charge in [-0.1, -0.05) is 12.1 Å². The molecular weight excluding hydrogens is 402 g/mol. The lowest BCUT2D eigenvalue weighted by Gasteiger charge is -2.30. The van der Waals surface area contributed by atoms with Crippen molar-refractivity contribution in [1.82, 2.24) is 19.5 Å². The number of fused-ring (bicyclic) bond motifs is 4. The lowest BCUT2D eigenvalue weighted by atomic mass is 10.0. The number of pyridine rings is 1. The van der Waals surface area contributed by atoms with Gasteiger partial charge in [0.2, 0.25) is 5.89 Å². The first-order valence-corrected chi connectivity index (χ1v) is 10.9. The molecule has 0 spiro atoms. The molecule has 0 saturated carbocycles. The SMILES string of the molecule is C[C@@H]1CC(n2c(Cc3nc4ccccc4o3)nc3cnc4ccc(C#N)cc4c32)CCO1. The zero-order chi connectivity index (χ0) is 21.7. The Labute approximate surface area is 184 Å². The van der Waals surface area contributed by atoms with E-state index in [0.29, 0.717) is 24.5 Å². The van der Waals surface area contributed by atoms with Crippen molar-refractivity contribution < 1.29 is 9.15 Å². The maximum atomic E-state index is 9.46. The molecule has 6 rings (SSSR count). The molecule has 7 nitrogen and oxygen atoms in total. The van der Waals surface area contributed by atoms with Crippen LogP contribution in [0.25, 0.3) is 33.0 Å². The number of aromatic nitrogens is 4.